The van der Waals surface area contributed by atoms with E-state index in [0.29, 0.717) is 30.3 Å². The van der Waals surface area contributed by atoms with E-state index in [2.05, 4.69) is 20.4 Å². The molecule has 1 fully saturated rings. The van der Waals surface area contributed by atoms with E-state index in [0.717, 1.165) is 0 Å². The molecule has 0 bridgehead atoms. The van der Waals surface area contributed by atoms with Crippen molar-refractivity contribution in [2.75, 3.05) is 5.32 Å². The summed E-state index contributed by atoms with van der Waals surface area (Å²) in [7, 11) is 0. The van der Waals surface area contributed by atoms with Crippen LogP contribution in [0.5, 0.6) is 0 Å². The van der Waals surface area contributed by atoms with Gasteiger partial charge in [-0.3, -0.25) is 0 Å². The van der Waals surface area contributed by atoms with Crippen molar-refractivity contribution < 1.29 is 18.3 Å². The zero-order valence-corrected chi connectivity index (χ0v) is 15.6. The van der Waals surface area contributed by atoms with Crippen molar-refractivity contribution >= 4 is 11.8 Å². The molecule has 0 aliphatic heterocycles. The highest BCUT2D eigenvalue weighted by molar-refractivity contribution is 5.87. The highest BCUT2D eigenvalue weighted by atomic mass is 19.3. The maximum absolute atomic E-state index is 13.3. The van der Waals surface area contributed by atoms with Crippen molar-refractivity contribution in [3.8, 4) is 5.95 Å². The average molecular weight is 379 g/mol. The lowest BCUT2D eigenvalue weighted by Crippen LogP contribution is -2.32. The fraction of sp³-hybridized carbons (Fsp3) is 0.556. The molecule has 9 heteroatoms. The molecule has 1 N–H and O–H groups in total. The minimum absolute atomic E-state index is 0.0547. The molecule has 2 aromatic rings. The number of nitrogens with one attached hydrogen (secondary N) is 1. The smallest absolute Gasteiger partial charge is 0.359 e. The molecule has 7 nitrogen and oxygen atoms in total. The number of rotatable bonds is 5. The second-order valence-corrected chi connectivity index (χ2v) is 7.07. The Morgan fingerprint density at radius 1 is 1.33 bits per heavy atom. The van der Waals surface area contributed by atoms with Crippen LogP contribution in [0.1, 0.15) is 55.7 Å². The number of aryl methyl sites for hydroxylation is 1. The Balaban J connectivity index is 1.74. The average Bonchev–Trinajstić information content (AvgIpc) is 3.06. The molecule has 2 aromatic heterocycles. The number of ether oxygens (including phenoxy) is 1. The highest BCUT2D eigenvalue weighted by Crippen LogP contribution is 2.34. The standard InChI is InChI=1S/C18H23F2N5O2/c1-11(2)27-16(26)14-6-9-25(24-14)17-21-12(3)10-15(23-17)22-13-4-7-18(19,20)8-5-13/h6,9-11,13H,4-5,7-8H2,1-3H3,(H,21,22,23). The van der Waals surface area contributed by atoms with E-state index in [-0.39, 0.29) is 30.7 Å². The lowest BCUT2D eigenvalue weighted by Gasteiger charge is -2.29. The van der Waals surface area contributed by atoms with Gasteiger partial charge in [-0.05, 0) is 39.7 Å². The quantitative estimate of drug-likeness (QED) is 0.801. The molecule has 1 aliphatic rings. The number of carbonyl (C=O) groups excluding carboxylic acids is 1. The van der Waals surface area contributed by atoms with Crippen LogP contribution in [0.2, 0.25) is 0 Å². The van der Waals surface area contributed by atoms with E-state index in [9.17, 15) is 13.6 Å². The molecule has 0 radical (unpaired) electrons. The molecular weight excluding hydrogens is 356 g/mol. The predicted molar refractivity (Wildman–Crippen MR) is 95.3 cm³/mol. The highest BCUT2D eigenvalue weighted by Gasteiger charge is 2.35. The van der Waals surface area contributed by atoms with Gasteiger partial charge in [-0.1, -0.05) is 0 Å². The molecule has 0 aromatic carbocycles. The fourth-order valence-corrected chi connectivity index (χ4v) is 2.94. The molecule has 0 spiro atoms. The SMILES string of the molecule is Cc1cc(NC2CCC(F)(F)CC2)nc(-n2ccc(C(=O)OC(C)C)n2)n1. The third-order valence-corrected chi connectivity index (χ3v) is 4.26. The number of hydrogen-bond donors (Lipinski definition) is 1. The van der Waals surface area contributed by atoms with Crippen LogP contribution in [0.15, 0.2) is 18.3 Å². The summed E-state index contributed by atoms with van der Waals surface area (Å²) >= 11 is 0. The van der Waals surface area contributed by atoms with Crippen molar-refractivity contribution in [2.45, 2.75) is 64.5 Å². The summed E-state index contributed by atoms with van der Waals surface area (Å²) in [5, 5.41) is 7.38. The maximum Gasteiger partial charge on any atom is 0.359 e. The number of halogens is 2. The van der Waals surface area contributed by atoms with Crippen LogP contribution < -0.4 is 5.32 Å². The Morgan fingerprint density at radius 3 is 2.70 bits per heavy atom. The predicted octanol–water partition coefficient (Wildman–Crippen LogP) is 3.53. The van der Waals surface area contributed by atoms with Gasteiger partial charge in [0.2, 0.25) is 5.92 Å². The first kappa shape index (κ1) is 19.2. The van der Waals surface area contributed by atoms with Gasteiger partial charge in [-0.2, -0.15) is 10.1 Å². The number of anilines is 1. The van der Waals surface area contributed by atoms with E-state index in [1.165, 1.54) is 10.7 Å². The van der Waals surface area contributed by atoms with Gasteiger partial charge in [0.05, 0.1) is 6.10 Å². The van der Waals surface area contributed by atoms with Crippen LogP contribution in [0, 0.1) is 6.92 Å². The summed E-state index contributed by atoms with van der Waals surface area (Å²) in [4.78, 5) is 20.7. The molecular formula is C18H23F2N5O2. The molecule has 0 saturated heterocycles. The normalized spacial score (nSPS) is 17.1. The molecule has 1 saturated carbocycles. The number of aromatic nitrogens is 4. The first-order valence-corrected chi connectivity index (χ1v) is 8.99. The van der Waals surface area contributed by atoms with Gasteiger partial charge >= 0.3 is 5.97 Å². The van der Waals surface area contributed by atoms with Crippen LogP contribution >= 0.6 is 0 Å². The Bertz CT molecular complexity index is 812. The minimum atomic E-state index is -2.57. The number of carbonyl (C=O) groups is 1. The van der Waals surface area contributed by atoms with E-state index in [4.69, 9.17) is 4.74 Å². The van der Waals surface area contributed by atoms with Crippen molar-refractivity contribution in [1.29, 1.82) is 0 Å². The fourth-order valence-electron chi connectivity index (χ4n) is 2.94. The monoisotopic (exact) mass is 379 g/mol. The molecule has 1 aliphatic carbocycles. The Kier molecular flexibility index (Phi) is 5.38. The molecule has 0 amide bonds. The van der Waals surface area contributed by atoms with Crippen molar-refractivity contribution in [3.63, 3.8) is 0 Å². The zero-order chi connectivity index (χ0) is 19.6. The summed E-state index contributed by atoms with van der Waals surface area (Å²) < 4.78 is 33.1. The van der Waals surface area contributed by atoms with Crippen molar-refractivity contribution in [2.24, 2.45) is 0 Å². The topological polar surface area (TPSA) is 81.9 Å². The van der Waals surface area contributed by atoms with Crippen LogP contribution in [-0.4, -0.2) is 43.8 Å². The first-order chi connectivity index (χ1) is 12.7. The maximum atomic E-state index is 13.3. The van der Waals surface area contributed by atoms with Gasteiger partial charge in [0.1, 0.15) is 5.82 Å². The van der Waals surface area contributed by atoms with E-state index < -0.39 is 11.9 Å². The number of alkyl halides is 2. The lowest BCUT2D eigenvalue weighted by atomic mass is 9.92. The third kappa shape index (κ3) is 4.99. The summed E-state index contributed by atoms with van der Waals surface area (Å²) in [6, 6.07) is 3.24. The third-order valence-electron chi connectivity index (χ3n) is 4.26. The van der Waals surface area contributed by atoms with Gasteiger partial charge in [-0.15, -0.1) is 0 Å². The zero-order valence-electron chi connectivity index (χ0n) is 15.6. The van der Waals surface area contributed by atoms with Gasteiger partial charge in [0.25, 0.3) is 5.95 Å². The summed E-state index contributed by atoms with van der Waals surface area (Å²) in [6.45, 7) is 5.33. The molecule has 3 rings (SSSR count). The Labute approximate surface area is 156 Å². The van der Waals surface area contributed by atoms with Crippen LogP contribution in [0.25, 0.3) is 5.95 Å². The summed E-state index contributed by atoms with van der Waals surface area (Å²) in [5.41, 5.74) is 0.864. The van der Waals surface area contributed by atoms with E-state index in [1.54, 1.807) is 26.1 Å². The second-order valence-electron chi connectivity index (χ2n) is 7.07. The van der Waals surface area contributed by atoms with Crippen molar-refractivity contribution in [1.82, 2.24) is 19.7 Å². The van der Waals surface area contributed by atoms with Gasteiger partial charge in [-0.25, -0.2) is 23.2 Å². The van der Waals surface area contributed by atoms with E-state index in [1.807, 2.05) is 6.92 Å². The number of hydrogen-bond acceptors (Lipinski definition) is 6. The second kappa shape index (κ2) is 7.58. The summed E-state index contributed by atoms with van der Waals surface area (Å²) in [5.74, 6) is -2.24. The molecule has 146 valence electrons. The largest absolute Gasteiger partial charge is 0.458 e. The first-order valence-electron chi connectivity index (χ1n) is 8.99. The summed E-state index contributed by atoms with van der Waals surface area (Å²) in [6.07, 6.45) is 1.87. The molecule has 0 atom stereocenters. The lowest BCUT2D eigenvalue weighted by molar-refractivity contribution is -0.0361. The minimum Gasteiger partial charge on any atom is -0.458 e. The van der Waals surface area contributed by atoms with Gasteiger partial charge in [0, 0.05) is 36.8 Å². The van der Waals surface area contributed by atoms with E-state index >= 15 is 0 Å². The van der Waals surface area contributed by atoms with Gasteiger partial charge < -0.3 is 10.1 Å². The molecule has 0 unspecified atom stereocenters. The van der Waals surface area contributed by atoms with Gasteiger partial charge in [0.15, 0.2) is 5.69 Å². The van der Waals surface area contributed by atoms with Crippen LogP contribution in [0.3, 0.4) is 0 Å². The Hall–Kier alpha value is -2.58. The van der Waals surface area contributed by atoms with Crippen molar-refractivity contribution in [3.05, 3.63) is 29.7 Å². The number of esters is 1. The van der Waals surface area contributed by atoms with Crippen LogP contribution in [-0.2, 0) is 4.74 Å². The number of nitrogens with zero attached hydrogens (tertiary/aromatic N) is 4. The van der Waals surface area contributed by atoms with Crippen LogP contribution in [0.4, 0.5) is 14.6 Å². The molecule has 27 heavy (non-hydrogen) atoms. The Morgan fingerprint density at radius 2 is 2.04 bits per heavy atom. The molecule has 2 heterocycles.